The first-order valence-corrected chi connectivity index (χ1v) is 11.5. The third-order valence-electron chi connectivity index (χ3n) is 6.65. The van der Waals surface area contributed by atoms with E-state index in [4.69, 9.17) is 4.74 Å². The van der Waals surface area contributed by atoms with Gasteiger partial charge < -0.3 is 19.5 Å². The van der Waals surface area contributed by atoms with Crippen molar-refractivity contribution in [2.45, 2.75) is 26.4 Å². The van der Waals surface area contributed by atoms with E-state index in [-0.39, 0.29) is 6.03 Å². The van der Waals surface area contributed by atoms with Crippen LogP contribution in [-0.4, -0.2) is 45.5 Å². The summed E-state index contributed by atoms with van der Waals surface area (Å²) in [4.78, 5) is 25.1. The fraction of sp³-hybridized carbons (Fsp3) is 0.259. The molecule has 0 bridgehead atoms. The number of fused-ring (bicyclic) bond motifs is 3. The van der Waals surface area contributed by atoms with Gasteiger partial charge in [-0.1, -0.05) is 36.4 Å². The Balaban J connectivity index is 1.26. The molecule has 6 nitrogen and oxygen atoms in total. The molecule has 6 rings (SSSR count). The van der Waals surface area contributed by atoms with Crippen molar-refractivity contribution in [1.29, 1.82) is 0 Å². The van der Waals surface area contributed by atoms with Crippen LogP contribution < -0.4 is 4.74 Å². The highest BCUT2D eigenvalue weighted by Crippen LogP contribution is 2.31. The molecule has 1 aromatic heterocycles. The quantitative estimate of drug-likeness (QED) is 0.459. The second kappa shape index (κ2) is 7.96. The number of ether oxygens (including phenoxy) is 1. The molecule has 0 unspecified atom stereocenters. The minimum Gasteiger partial charge on any atom is -0.491 e. The summed E-state index contributed by atoms with van der Waals surface area (Å²) < 4.78 is 6.01. The molecular formula is C27H26N4O2. The van der Waals surface area contributed by atoms with Crippen molar-refractivity contribution in [1.82, 2.24) is 19.8 Å². The number of nitrogens with zero attached hydrogens (tertiary/aromatic N) is 3. The lowest BCUT2D eigenvalue weighted by Crippen LogP contribution is -2.45. The van der Waals surface area contributed by atoms with E-state index >= 15 is 0 Å². The Morgan fingerprint density at radius 1 is 0.909 bits per heavy atom. The van der Waals surface area contributed by atoms with Gasteiger partial charge in [0.05, 0.1) is 24.1 Å². The van der Waals surface area contributed by atoms with Crippen molar-refractivity contribution < 1.29 is 9.53 Å². The van der Waals surface area contributed by atoms with Gasteiger partial charge in [0.15, 0.2) is 0 Å². The highest BCUT2D eigenvalue weighted by Gasteiger charge is 2.27. The summed E-state index contributed by atoms with van der Waals surface area (Å²) in [5, 5.41) is 0. The molecule has 2 aliphatic heterocycles. The molecule has 0 radical (unpaired) electrons. The molecule has 2 amide bonds. The van der Waals surface area contributed by atoms with Crippen LogP contribution in [0.3, 0.4) is 0 Å². The van der Waals surface area contributed by atoms with Gasteiger partial charge in [0.1, 0.15) is 18.2 Å². The molecule has 0 saturated carbocycles. The number of rotatable bonds is 1. The Morgan fingerprint density at radius 3 is 2.58 bits per heavy atom. The van der Waals surface area contributed by atoms with Gasteiger partial charge in [-0.15, -0.1) is 0 Å². The molecule has 0 saturated heterocycles. The molecule has 3 heterocycles. The van der Waals surface area contributed by atoms with Crippen LogP contribution in [-0.2, 0) is 19.5 Å². The van der Waals surface area contributed by atoms with Gasteiger partial charge in [0, 0.05) is 18.7 Å². The number of nitrogens with one attached hydrogen (secondary N) is 1. The van der Waals surface area contributed by atoms with Crippen LogP contribution in [0.1, 0.15) is 22.5 Å². The van der Waals surface area contributed by atoms with Gasteiger partial charge in [0.2, 0.25) is 0 Å². The lowest BCUT2D eigenvalue weighted by atomic mass is 10.00. The van der Waals surface area contributed by atoms with Gasteiger partial charge in [-0.05, 0) is 59.9 Å². The number of carbonyl (C=O) groups is 1. The van der Waals surface area contributed by atoms with Gasteiger partial charge in [-0.2, -0.15) is 0 Å². The molecule has 166 valence electrons. The van der Waals surface area contributed by atoms with Crippen molar-refractivity contribution in [3.8, 4) is 16.9 Å². The number of hydrogen-bond donors (Lipinski definition) is 1. The van der Waals surface area contributed by atoms with Crippen LogP contribution in [0.5, 0.6) is 5.75 Å². The predicted octanol–water partition coefficient (Wildman–Crippen LogP) is 4.91. The Labute approximate surface area is 192 Å². The van der Waals surface area contributed by atoms with Crippen LogP contribution in [0, 0.1) is 6.92 Å². The standard InChI is InChI=1S/C27H26N4O2/c1-18-28-24-8-6-21(15-25(24)29-18)20-7-9-26-23(14-20)17-31(12-13-33-26)27(32)30-11-10-19-4-2-3-5-22(19)16-30/h2-9,14-15H,10-13,16-17H2,1H3,(H,28,29). The molecule has 0 spiro atoms. The Hall–Kier alpha value is -3.80. The van der Waals surface area contributed by atoms with E-state index in [1.165, 1.54) is 11.1 Å². The van der Waals surface area contributed by atoms with Crippen LogP contribution in [0.25, 0.3) is 22.2 Å². The van der Waals surface area contributed by atoms with E-state index in [1.807, 2.05) is 34.9 Å². The first kappa shape index (κ1) is 19.9. The first-order valence-electron chi connectivity index (χ1n) is 11.5. The number of urea groups is 1. The van der Waals surface area contributed by atoms with Crippen molar-refractivity contribution >= 4 is 17.1 Å². The Kier molecular flexibility index (Phi) is 4.79. The second-order valence-corrected chi connectivity index (χ2v) is 8.87. The number of aromatic nitrogens is 2. The Morgan fingerprint density at radius 2 is 1.67 bits per heavy atom. The van der Waals surface area contributed by atoms with Crippen molar-refractivity contribution in [2.24, 2.45) is 0 Å². The lowest BCUT2D eigenvalue weighted by Gasteiger charge is -2.33. The number of aryl methyl sites for hydroxylation is 1. The highest BCUT2D eigenvalue weighted by molar-refractivity contribution is 5.82. The van der Waals surface area contributed by atoms with Crippen LogP contribution >= 0.6 is 0 Å². The SMILES string of the molecule is Cc1nc2ccc(-c3ccc4c(c3)CN(C(=O)N3CCc5ccccc5C3)CCO4)cc2[nH]1. The van der Waals surface area contributed by atoms with Crippen molar-refractivity contribution in [2.75, 3.05) is 19.7 Å². The molecule has 3 aromatic carbocycles. The average molecular weight is 439 g/mol. The molecular weight excluding hydrogens is 412 g/mol. The fourth-order valence-electron chi connectivity index (χ4n) is 4.91. The summed E-state index contributed by atoms with van der Waals surface area (Å²) in [5.41, 5.74) is 7.84. The average Bonchev–Trinajstić information content (AvgIpc) is 3.08. The fourth-order valence-corrected chi connectivity index (χ4v) is 4.91. The molecule has 0 aliphatic carbocycles. The highest BCUT2D eigenvalue weighted by atomic mass is 16.5. The third kappa shape index (κ3) is 3.71. The number of amides is 2. The summed E-state index contributed by atoms with van der Waals surface area (Å²) in [6.45, 7) is 5.02. The largest absolute Gasteiger partial charge is 0.491 e. The summed E-state index contributed by atoms with van der Waals surface area (Å²) in [7, 11) is 0. The summed E-state index contributed by atoms with van der Waals surface area (Å²) in [6.07, 6.45) is 0.905. The van der Waals surface area contributed by atoms with Crippen LogP contribution in [0.15, 0.2) is 60.7 Å². The maximum atomic E-state index is 13.4. The normalized spacial score (nSPS) is 15.5. The van der Waals surface area contributed by atoms with E-state index < -0.39 is 0 Å². The predicted molar refractivity (Wildman–Crippen MR) is 128 cm³/mol. The minimum absolute atomic E-state index is 0.0840. The number of hydrogen-bond acceptors (Lipinski definition) is 3. The second-order valence-electron chi connectivity index (χ2n) is 8.87. The van der Waals surface area contributed by atoms with Crippen LogP contribution in [0.2, 0.25) is 0 Å². The maximum Gasteiger partial charge on any atom is 0.320 e. The zero-order valence-electron chi connectivity index (χ0n) is 18.7. The third-order valence-corrected chi connectivity index (χ3v) is 6.65. The summed E-state index contributed by atoms with van der Waals surface area (Å²) in [5.74, 6) is 1.77. The smallest absolute Gasteiger partial charge is 0.320 e. The number of H-pyrrole nitrogens is 1. The molecule has 2 aliphatic rings. The molecule has 4 aromatic rings. The minimum atomic E-state index is 0.0840. The number of benzene rings is 3. The van der Waals surface area contributed by atoms with Crippen molar-refractivity contribution in [3.63, 3.8) is 0 Å². The van der Waals surface area contributed by atoms with E-state index in [2.05, 4.69) is 52.4 Å². The number of imidazole rings is 1. The van der Waals surface area contributed by atoms with Crippen LogP contribution in [0.4, 0.5) is 4.79 Å². The number of carbonyl (C=O) groups excluding carboxylic acids is 1. The molecule has 1 N–H and O–H groups in total. The van der Waals surface area contributed by atoms with Gasteiger partial charge >= 0.3 is 6.03 Å². The molecule has 0 atom stereocenters. The molecule has 0 fully saturated rings. The zero-order chi connectivity index (χ0) is 22.4. The summed E-state index contributed by atoms with van der Waals surface area (Å²) in [6, 6.07) is 21.0. The van der Waals surface area contributed by atoms with Gasteiger partial charge in [-0.3, -0.25) is 0 Å². The van der Waals surface area contributed by atoms with E-state index in [0.29, 0.717) is 26.2 Å². The maximum absolute atomic E-state index is 13.4. The molecule has 33 heavy (non-hydrogen) atoms. The molecule has 6 heteroatoms. The summed E-state index contributed by atoms with van der Waals surface area (Å²) >= 11 is 0. The van der Waals surface area contributed by atoms with E-state index in [9.17, 15) is 4.79 Å². The zero-order valence-corrected chi connectivity index (χ0v) is 18.7. The van der Waals surface area contributed by atoms with Crippen molar-refractivity contribution in [3.05, 3.63) is 83.2 Å². The lowest BCUT2D eigenvalue weighted by molar-refractivity contribution is 0.141. The number of aromatic amines is 1. The topological polar surface area (TPSA) is 61.5 Å². The van der Waals surface area contributed by atoms with Gasteiger partial charge in [0.25, 0.3) is 0 Å². The Bertz CT molecular complexity index is 1360. The van der Waals surface area contributed by atoms with E-state index in [0.717, 1.165) is 52.3 Å². The first-order chi connectivity index (χ1) is 16.1. The van der Waals surface area contributed by atoms with E-state index in [1.54, 1.807) is 0 Å². The van der Waals surface area contributed by atoms with Gasteiger partial charge in [-0.25, -0.2) is 9.78 Å². The monoisotopic (exact) mass is 438 g/mol.